The lowest BCUT2D eigenvalue weighted by Crippen LogP contribution is -2.35. The highest BCUT2D eigenvalue weighted by Gasteiger charge is 2.36. The van der Waals surface area contributed by atoms with Crippen LogP contribution in [0.5, 0.6) is 0 Å². The predicted molar refractivity (Wildman–Crippen MR) is 179 cm³/mol. The zero-order valence-electron chi connectivity index (χ0n) is 24.5. The summed E-state index contributed by atoms with van der Waals surface area (Å²) in [5.41, 5.74) is 3.71. The molecule has 0 amide bonds. The van der Waals surface area contributed by atoms with Crippen molar-refractivity contribution >= 4 is 39.2 Å². The summed E-state index contributed by atoms with van der Waals surface area (Å²) in [5.74, 6) is -0.475. The van der Waals surface area contributed by atoms with Gasteiger partial charge in [-0.3, -0.25) is 9.10 Å². The minimum Gasteiger partial charge on any atom is -0.314 e. The number of Topliss-reactive ketones (excluding diaryl/α,β-unsaturated/α-hetero) is 1. The summed E-state index contributed by atoms with van der Waals surface area (Å²) in [6.07, 6.45) is 0.730. The highest BCUT2D eigenvalue weighted by molar-refractivity contribution is 7.92. The Labute approximate surface area is 259 Å². The standard InChI is InChI=1S/C37H34NO4PS/c1-28-20-22-33(23-21-28)44(41,42)38-25-24-37(39)35-18-9-8-12-29(35)26-30(34-17-10-11-19-36(34)38)27-43(40,31-13-4-2-5-14-31)32-15-6-3-7-16-32/h2-23,30H,24-27H2,1H3. The highest BCUT2D eigenvalue weighted by Crippen LogP contribution is 2.49. The van der Waals surface area contributed by atoms with Crippen LogP contribution in [0.1, 0.15) is 39.4 Å². The van der Waals surface area contributed by atoms with Crippen LogP contribution in [0.25, 0.3) is 0 Å². The van der Waals surface area contributed by atoms with E-state index < -0.39 is 17.2 Å². The quantitative estimate of drug-likeness (QED) is 0.190. The molecule has 1 aliphatic rings. The van der Waals surface area contributed by atoms with E-state index in [0.717, 1.165) is 27.3 Å². The lowest BCUT2D eigenvalue weighted by Gasteiger charge is -2.32. The van der Waals surface area contributed by atoms with E-state index in [4.69, 9.17) is 0 Å². The van der Waals surface area contributed by atoms with Crippen LogP contribution in [0.15, 0.2) is 138 Å². The maximum absolute atomic E-state index is 15.4. The largest absolute Gasteiger partial charge is 0.314 e. The molecule has 5 nitrogen and oxygen atoms in total. The number of sulfonamides is 1. The fourth-order valence-electron chi connectivity index (χ4n) is 6.12. The number of hydrogen-bond donors (Lipinski definition) is 0. The first-order chi connectivity index (χ1) is 21.3. The molecule has 0 aromatic heterocycles. The van der Waals surface area contributed by atoms with Gasteiger partial charge in [0.25, 0.3) is 10.0 Å². The summed E-state index contributed by atoms with van der Waals surface area (Å²) >= 11 is 0. The van der Waals surface area contributed by atoms with Crippen molar-refractivity contribution < 1.29 is 17.8 Å². The molecule has 0 saturated carbocycles. The van der Waals surface area contributed by atoms with Crippen molar-refractivity contribution in [1.82, 2.24) is 0 Å². The molecule has 0 bridgehead atoms. The molecule has 0 spiro atoms. The summed E-state index contributed by atoms with van der Waals surface area (Å²) < 4.78 is 45.3. The van der Waals surface area contributed by atoms with Crippen molar-refractivity contribution in [3.05, 3.63) is 156 Å². The van der Waals surface area contributed by atoms with Gasteiger partial charge in [-0.2, -0.15) is 0 Å². The van der Waals surface area contributed by atoms with Gasteiger partial charge in [-0.15, -0.1) is 0 Å². The van der Waals surface area contributed by atoms with E-state index in [2.05, 4.69) is 0 Å². The van der Waals surface area contributed by atoms with Crippen LogP contribution in [0.3, 0.4) is 0 Å². The number of rotatable bonds is 6. The second-order valence-corrected chi connectivity index (χ2v) is 16.0. The molecule has 0 aliphatic carbocycles. The number of hydrogen-bond acceptors (Lipinski definition) is 4. The summed E-state index contributed by atoms with van der Waals surface area (Å²) in [6.45, 7) is 1.90. The fraction of sp³-hybridized carbons (Fsp3) is 0.162. The SMILES string of the molecule is Cc1ccc(S(=O)(=O)N2CCC(=O)c3ccccc3CC(CP(=O)(c3ccccc3)c3ccccc3)c3ccccc32)cc1. The Bertz CT molecular complexity index is 1900. The molecule has 0 saturated heterocycles. The number of nitrogens with zero attached hydrogens (tertiary/aromatic N) is 1. The van der Waals surface area contributed by atoms with Gasteiger partial charge >= 0.3 is 0 Å². The Morgan fingerprint density at radius 2 is 1.30 bits per heavy atom. The maximum atomic E-state index is 15.4. The number of ketones is 1. The monoisotopic (exact) mass is 619 g/mol. The lowest BCUT2D eigenvalue weighted by atomic mass is 9.88. The summed E-state index contributed by atoms with van der Waals surface area (Å²) in [4.78, 5) is 13.8. The van der Waals surface area contributed by atoms with Crippen molar-refractivity contribution in [3.8, 4) is 0 Å². The first-order valence-electron chi connectivity index (χ1n) is 14.8. The number of anilines is 1. The number of carbonyl (C=O) groups is 1. The van der Waals surface area contributed by atoms with E-state index in [0.29, 0.717) is 17.7 Å². The molecular formula is C37H34NO4PS. The van der Waals surface area contributed by atoms with E-state index in [1.807, 2.05) is 116 Å². The number of benzene rings is 5. The van der Waals surface area contributed by atoms with Crippen molar-refractivity contribution in [2.24, 2.45) is 0 Å². The molecule has 1 atom stereocenters. The van der Waals surface area contributed by atoms with Gasteiger partial charge in [0.1, 0.15) is 7.14 Å². The number of fused-ring (bicyclic) bond motifs is 2. The van der Waals surface area contributed by atoms with Gasteiger partial charge in [0.2, 0.25) is 0 Å². The van der Waals surface area contributed by atoms with Crippen molar-refractivity contribution in [3.63, 3.8) is 0 Å². The molecule has 44 heavy (non-hydrogen) atoms. The van der Waals surface area contributed by atoms with Crippen LogP contribution in [0.4, 0.5) is 5.69 Å². The average molecular weight is 620 g/mol. The van der Waals surface area contributed by atoms with Gasteiger partial charge in [0, 0.05) is 35.3 Å². The molecular weight excluding hydrogens is 585 g/mol. The molecule has 0 fully saturated rings. The first-order valence-corrected chi connectivity index (χ1v) is 18.1. The zero-order valence-corrected chi connectivity index (χ0v) is 26.3. The fourth-order valence-corrected chi connectivity index (χ4v) is 10.6. The molecule has 222 valence electrons. The Hall–Kier alpha value is -4.25. The van der Waals surface area contributed by atoms with E-state index in [1.54, 1.807) is 24.3 Å². The van der Waals surface area contributed by atoms with E-state index >= 15 is 4.57 Å². The van der Waals surface area contributed by atoms with Gasteiger partial charge in [0.15, 0.2) is 5.78 Å². The molecule has 7 heteroatoms. The van der Waals surface area contributed by atoms with Crippen LogP contribution in [0.2, 0.25) is 0 Å². The molecule has 1 aliphatic heterocycles. The van der Waals surface area contributed by atoms with Gasteiger partial charge in [0.05, 0.1) is 10.6 Å². The minimum absolute atomic E-state index is 0.0118. The Morgan fingerprint density at radius 1 is 0.727 bits per heavy atom. The molecule has 5 aromatic carbocycles. The summed E-state index contributed by atoms with van der Waals surface area (Å²) in [5, 5.41) is 1.49. The third-order valence-electron chi connectivity index (χ3n) is 8.40. The Morgan fingerprint density at radius 3 is 1.95 bits per heavy atom. The molecule has 6 rings (SSSR count). The first kappa shape index (κ1) is 29.8. The normalized spacial score (nSPS) is 15.7. The summed E-state index contributed by atoms with van der Waals surface area (Å²) in [7, 11) is -7.23. The molecule has 5 aromatic rings. The molecule has 1 heterocycles. The highest BCUT2D eigenvalue weighted by atomic mass is 32.2. The second kappa shape index (κ2) is 12.4. The van der Waals surface area contributed by atoms with Crippen LogP contribution in [-0.4, -0.2) is 26.9 Å². The van der Waals surface area contributed by atoms with E-state index in [-0.39, 0.29) is 35.7 Å². The van der Waals surface area contributed by atoms with Crippen LogP contribution in [-0.2, 0) is 21.0 Å². The van der Waals surface area contributed by atoms with E-state index in [9.17, 15) is 13.2 Å². The van der Waals surface area contributed by atoms with Crippen LogP contribution >= 0.6 is 7.14 Å². The second-order valence-electron chi connectivity index (χ2n) is 11.3. The maximum Gasteiger partial charge on any atom is 0.264 e. The van der Waals surface area contributed by atoms with E-state index in [1.165, 1.54) is 4.31 Å². The molecule has 0 radical (unpaired) electrons. The van der Waals surface area contributed by atoms with Crippen molar-refractivity contribution in [1.29, 1.82) is 0 Å². The predicted octanol–water partition coefficient (Wildman–Crippen LogP) is 7.12. The summed E-state index contributed by atoms with van der Waals surface area (Å²) in [6, 6.07) is 40.8. The topological polar surface area (TPSA) is 71.5 Å². The Balaban J connectivity index is 1.56. The van der Waals surface area contributed by atoms with Gasteiger partial charge < -0.3 is 4.57 Å². The third-order valence-corrected chi connectivity index (χ3v) is 13.5. The minimum atomic E-state index is -4.02. The van der Waals surface area contributed by atoms with Gasteiger partial charge in [-0.05, 0) is 48.6 Å². The van der Waals surface area contributed by atoms with Crippen LogP contribution in [0, 0.1) is 6.92 Å². The lowest BCUT2D eigenvalue weighted by molar-refractivity contribution is 0.0984. The Kier molecular flexibility index (Phi) is 8.40. The molecule has 0 N–H and O–H groups in total. The van der Waals surface area contributed by atoms with Gasteiger partial charge in [-0.25, -0.2) is 8.42 Å². The third kappa shape index (κ3) is 5.80. The zero-order chi connectivity index (χ0) is 30.7. The van der Waals surface area contributed by atoms with Crippen molar-refractivity contribution in [2.75, 3.05) is 17.0 Å². The van der Waals surface area contributed by atoms with Crippen LogP contribution < -0.4 is 14.9 Å². The molecule has 1 unspecified atom stereocenters. The average Bonchev–Trinajstić information content (AvgIpc) is 3.05. The number of aryl methyl sites for hydroxylation is 1. The number of carbonyl (C=O) groups excluding carboxylic acids is 1. The van der Waals surface area contributed by atoms with Gasteiger partial charge in [-0.1, -0.05) is 121 Å². The smallest absolute Gasteiger partial charge is 0.264 e. The van der Waals surface area contributed by atoms with Crippen molar-refractivity contribution in [2.45, 2.75) is 30.6 Å². The number of para-hydroxylation sites is 1.